The van der Waals surface area contributed by atoms with E-state index in [9.17, 15) is 0 Å². The summed E-state index contributed by atoms with van der Waals surface area (Å²) in [5.74, 6) is 0. The number of nitrogens with zero attached hydrogens (tertiary/aromatic N) is 3. The molecule has 84 valence electrons. The molecule has 0 aliphatic carbocycles. The monoisotopic (exact) mass is 298 g/mol. The van der Waals surface area contributed by atoms with Crippen LogP contribution in [0.4, 0.5) is 5.69 Å². The maximum atomic E-state index is 5.77. The topological polar surface area (TPSA) is 56.7 Å². The number of anilines is 1. The lowest BCUT2D eigenvalue weighted by Crippen LogP contribution is -1.96. The molecule has 0 spiro atoms. The van der Waals surface area contributed by atoms with Gasteiger partial charge in [-0.1, -0.05) is 0 Å². The Kier molecular flexibility index (Phi) is 3.20. The fourth-order valence-corrected chi connectivity index (χ4v) is 2.59. The van der Waals surface area contributed by atoms with Crippen LogP contribution in [0.15, 0.2) is 33.2 Å². The second kappa shape index (κ2) is 4.47. The highest BCUT2D eigenvalue weighted by atomic mass is 79.9. The van der Waals surface area contributed by atoms with Gasteiger partial charge in [0.15, 0.2) is 5.16 Å². The van der Waals surface area contributed by atoms with Crippen LogP contribution < -0.4 is 5.73 Å². The number of hydrogen-bond donors (Lipinski definition) is 1. The van der Waals surface area contributed by atoms with Crippen LogP contribution >= 0.6 is 27.7 Å². The third-order valence-corrected chi connectivity index (χ3v) is 4.55. The van der Waals surface area contributed by atoms with Crippen molar-refractivity contribution < 1.29 is 0 Å². The second-order valence-electron chi connectivity index (χ2n) is 3.38. The van der Waals surface area contributed by atoms with Crippen molar-refractivity contribution in [2.45, 2.75) is 17.1 Å². The van der Waals surface area contributed by atoms with Gasteiger partial charge in [-0.25, -0.2) is 9.97 Å². The standard InChI is InChI=1S/C10H11BrN4S/c1-6-7(12)5-14-9(8(6)11)16-10-13-3-4-15(10)2/h3-5H,12H2,1-2H3. The molecule has 2 aromatic rings. The van der Waals surface area contributed by atoms with Crippen molar-refractivity contribution in [3.8, 4) is 0 Å². The first-order valence-corrected chi connectivity index (χ1v) is 6.26. The van der Waals surface area contributed by atoms with Crippen LogP contribution in [0.25, 0.3) is 0 Å². The fraction of sp³-hybridized carbons (Fsp3) is 0.200. The predicted octanol–water partition coefficient (Wildman–Crippen LogP) is 2.62. The zero-order valence-electron chi connectivity index (χ0n) is 8.94. The first kappa shape index (κ1) is 11.5. The summed E-state index contributed by atoms with van der Waals surface area (Å²) < 4.78 is 2.88. The third-order valence-electron chi connectivity index (χ3n) is 2.24. The molecular formula is C10H11BrN4S. The molecule has 0 fully saturated rings. The molecule has 0 amide bonds. The van der Waals surface area contributed by atoms with Gasteiger partial charge in [0.05, 0.1) is 16.4 Å². The van der Waals surface area contributed by atoms with E-state index in [4.69, 9.17) is 5.73 Å². The molecule has 2 N–H and O–H groups in total. The highest BCUT2D eigenvalue weighted by molar-refractivity contribution is 9.10. The van der Waals surface area contributed by atoms with Gasteiger partial charge >= 0.3 is 0 Å². The quantitative estimate of drug-likeness (QED) is 0.926. The summed E-state index contributed by atoms with van der Waals surface area (Å²) in [6.07, 6.45) is 5.34. The van der Waals surface area contributed by atoms with Crippen molar-refractivity contribution in [1.82, 2.24) is 14.5 Å². The summed E-state index contributed by atoms with van der Waals surface area (Å²) in [5, 5.41) is 1.78. The molecular weight excluding hydrogens is 288 g/mol. The summed E-state index contributed by atoms with van der Waals surface area (Å²) in [6.45, 7) is 1.96. The van der Waals surface area contributed by atoms with Crippen molar-refractivity contribution in [2.24, 2.45) is 7.05 Å². The van der Waals surface area contributed by atoms with E-state index in [1.807, 2.05) is 24.7 Å². The molecule has 2 heterocycles. The van der Waals surface area contributed by atoms with E-state index in [2.05, 4.69) is 25.9 Å². The summed E-state index contributed by atoms with van der Waals surface area (Å²) in [5.41, 5.74) is 7.47. The first-order chi connectivity index (χ1) is 7.59. The maximum Gasteiger partial charge on any atom is 0.174 e. The van der Waals surface area contributed by atoms with Crippen LogP contribution in [0.5, 0.6) is 0 Å². The number of halogens is 1. The van der Waals surface area contributed by atoms with E-state index in [0.29, 0.717) is 5.69 Å². The van der Waals surface area contributed by atoms with E-state index in [-0.39, 0.29) is 0 Å². The zero-order valence-corrected chi connectivity index (χ0v) is 11.3. The third kappa shape index (κ3) is 2.08. The Bertz CT molecular complexity index is 524. The summed E-state index contributed by atoms with van der Waals surface area (Å²) in [4.78, 5) is 8.53. The lowest BCUT2D eigenvalue weighted by molar-refractivity contribution is 0.788. The first-order valence-electron chi connectivity index (χ1n) is 4.65. The molecule has 0 aliphatic rings. The van der Waals surface area contributed by atoms with Crippen LogP contribution in [0.3, 0.4) is 0 Å². The molecule has 6 heteroatoms. The van der Waals surface area contributed by atoms with Crippen LogP contribution in [0, 0.1) is 6.92 Å². The van der Waals surface area contributed by atoms with E-state index in [1.54, 1.807) is 12.4 Å². The number of pyridine rings is 1. The van der Waals surface area contributed by atoms with Crippen molar-refractivity contribution in [3.63, 3.8) is 0 Å². The summed E-state index contributed by atoms with van der Waals surface area (Å²) in [7, 11) is 1.95. The molecule has 0 aromatic carbocycles. The van der Waals surface area contributed by atoms with E-state index in [0.717, 1.165) is 20.2 Å². The minimum atomic E-state index is 0.691. The van der Waals surface area contributed by atoms with Crippen LogP contribution in [0.1, 0.15) is 5.56 Å². The van der Waals surface area contributed by atoms with E-state index < -0.39 is 0 Å². The van der Waals surface area contributed by atoms with Crippen LogP contribution in [-0.2, 0) is 7.05 Å². The average molecular weight is 299 g/mol. The number of aromatic nitrogens is 3. The maximum absolute atomic E-state index is 5.77. The smallest absolute Gasteiger partial charge is 0.174 e. The predicted molar refractivity (Wildman–Crippen MR) is 68.4 cm³/mol. The highest BCUT2D eigenvalue weighted by Gasteiger charge is 2.11. The Labute approximate surface area is 106 Å². The normalized spacial score (nSPS) is 10.7. The molecule has 0 unspecified atom stereocenters. The molecule has 0 bridgehead atoms. The number of rotatable bonds is 2. The molecule has 0 atom stereocenters. The molecule has 2 aromatic heterocycles. The second-order valence-corrected chi connectivity index (χ2v) is 5.13. The number of nitrogen functional groups attached to an aromatic ring is 1. The van der Waals surface area contributed by atoms with E-state index >= 15 is 0 Å². The largest absolute Gasteiger partial charge is 0.397 e. The van der Waals surface area contributed by atoms with Gasteiger partial charge < -0.3 is 10.3 Å². The minimum absolute atomic E-state index is 0.691. The zero-order chi connectivity index (χ0) is 11.7. The number of nitrogens with two attached hydrogens (primary N) is 1. The minimum Gasteiger partial charge on any atom is -0.397 e. The van der Waals surface area contributed by atoms with Gasteiger partial charge in [0.2, 0.25) is 0 Å². The Balaban J connectivity index is 2.36. The number of imidazole rings is 1. The van der Waals surface area contributed by atoms with Gasteiger partial charge in [-0.3, -0.25) is 0 Å². The van der Waals surface area contributed by atoms with Gasteiger partial charge in [-0.05, 0) is 40.2 Å². The Morgan fingerprint density at radius 1 is 1.44 bits per heavy atom. The fourth-order valence-electron chi connectivity index (χ4n) is 1.18. The molecule has 0 saturated heterocycles. The lowest BCUT2D eigenvalue weighted by atomic mass is 10.3. The van der Waals surface area contributed by atoms with Crippen molar-refractivity contribution in [1.29, 1.82) is 0 Å². The number of hydrogen-bond acceptors (Lipinski definition) is 4. The van der Waals surface area contributed by atoms with Gasteiger partial charge in [0.25, 0.3) is 0 Å². The highest BCUT2D eigenvalue weighted by Crippen LogP contribution is 2.34. The van der Waals surface area contributed by atoms with Crippen molar-refractivity contribution >= 4 is 33.4 Å². The molecule has 4 nitrogen and oxygen atoms in total. The molecule has 0 aliphatic heterocycles. The van der Waals surface area contributed by atoms with Gasteiger partial charge in [-0.15, -0.1) is 0 Å². The van der Waals surface area contributed by atoms with Gasteiger partial charge in [-0.2, -0.15) is 0 Å². The van der Waals surface area contributed by atoms with E-state index in [1.165, 1.54) is 11.8 Å². The van der Waals surface area contributed by atoms with Crippen LogP contribution in [-0.4, -0.2) is 14.5 Å². The van der Waals surface area contributed by atoms with Crippen molar-refractivity contribution in [2.75, 3.05) is 5.73 Å². The van der Waals surface area contributed by atoms with Crippen molar-refractivity contribution in [3.05, 3.63) is 28.6 Å². The molecule has 2 rings (SSSR count). The SMILES string of the molecule is Cc1c(N)cnc(Sc2nccn2C)c1Br. The average Bonchev–Trinajstić information content (AvgIpc) is 2.65. The molecule has 16 heavy (non-hydrogen) atoms. The number of aryl methyl sites for hydroxylation is 1. The Morgan fingerprint density at radius 3 is 2.81 bits per heavy atom. The lowest BCUT2D eigenvalue weighted by Gasteiger charge is -2.07. The Morgan fingerprint density at radius 2 is 2.19 bits per heavy atom. The molecule has 0 saturated carbocycles. The summed E-state index contributed by atoms with van der Waals surface area (Å²) in [6, 6.07) is 0. The van der Waals surface area contributed by atoms with Gasteiger partial charge in [0, 0.05) is 19.4 Å². The van der Waals surface area contributed by atoms with Crippen LogP contribution in [0.2, 0.25) is 0 Å². The molecule has 0 radical (unpaired) electrons. The summed E-state index contributed by atoms with van der Waals surface area (Å²) >= 11 is 5.01. The Hall–Kier alpha value is -1.01. The van der Waals surface area contributed by atoms with Gasteiger partial charge in [0.1, 0.15) is 5.03 Å².